The fourth-order valence-electron chi connectivity index (χ4n) is 2.09. The predicted molar refractivity (Wildman–Crippen MR) is 102 cm³/mol. The Morgan fingerprint density at radius 2 is 2.04 bits per heavy atom. The van der Waals surface area contributed by atoms with Crippen molar-refractivity contribution in [1.29, 1.82) is 0 Å². The van der Waals surface area contributed by atoms with Gasteiger partial charge in [0.25, 0.3) is 0 Å². The van der Waals surface area contributed by atoms with E-state index in [4.69, 9.17) is 0 Å². The fourth-order valence-corrected chi connectivity index (χ4v) is 4.05. The van der Waals surface area contributed by atoms with E-state index < -0.39 is 0 Å². The van der Waals surface area contributed by atoms with E-state index in [1.54, 1.807) is 12.1 Å². The molecule has 0 bridgehead atoms. The Balaban J connectivity index is 1.69. The lowest BCUT2D eigenvalue weighted by Gasteiger charge is -2.06. The number of carbonyl (C=O) groups is 1. The molecular weight excluding hydrogens is 459 g/mol. The zero-order valence-corrected chi connectivity index (χ0v) is 16.2. The van der Waals surface area contributed by atoms with Gasteiger partial charge in [-0.3, -0.25) is 4.79 Å². The predicted octanol–water partition coefficient (Wildman–Crippen LogP) is 5.66. The number of amides is 1. The molecule has 0 aliphatic rings. The van der Waals surface area contributed by atoms with Crippen molar-refractivity contribution in [2.24, 2.45) is 0 Å². The average Bonchev–Trinajstić information content (AvgIpc) is 2.98. The van der Waals surface area contributed by atoms with E-state index in [1.165, 1.54) is 23.5 Å². The SMILES string of the molecule is O=C(Cc1csc(-c2cccc(F)c2)n1)Nc1ccc(Br)cc1Br. The third-order valence-corrected chi connectivity index (χ3v) is 5.26. The van der Waals surface area contributed by atoms with Crippen molar-refractivity contribution < 1.29 is 9.18 Å². The van der Waals surface area contributed by atoms with Crippen LogP contribution in [0.25, 0.3) is 10.6 Å². The highest BCUT2D eigenvalue weighted by atomic mass is 79.9. The fraction of sp³-hybridized carbons (Fsp3) is 0.0588. The summed E-state index contributed by atoms with van der Waals surface area (Å²) in [6.07, 6.45) is 0.161. The van der Waals surface area contributed by atoms with E-state index in [1.807, 2.05) is 23.6 Å². The van der Waals surface area contributed by atoms with Crippen LogP contribution in [-0.2, 0) is 11.2 Å². The molecule has 0 aliphatic carbocycles. The van der Waals surface area contributed by atoms with Gasteiger partial charge in [-0.25, -0.2) is 9.37 Å². The molecule has 3 nitrogen and oxygen atoms in total. The zero-order chi connectivity index (χ0) is 17.1. The van der Waals surface area contributed by atoms with Crippen LogP contribution < -0.4 is 5.32 Å². The molecule has 1 heterocycles. The molecule has 0 saturated heterocycles. The highest BCUT2D eigenvalue weighted by Crippen LogP contribution is 2.27. The molecule has 24 heavy (non-hydrogen) atoms. The summed E-state index contributed by atoms with van der Waals surface area (Å²) in [5.41, 5.74) is 2.07. The summed E-state index contributed by atoms with van der Waals surface area (Å²) < 4.78 is 15.0. The maximum atomic E-state index is 13.3. The Kier molecular flexibility index (Phi) is 5.43. The molecule has 122 valence electrons. The molecule has 0 spiro atoms. The van der Waals surface area contributed by atoms with Gasteiger partial charge >= 0.3 is 0 Å². The van der Waals surface area contributed by atoms with Crippen LogP contribution in [0.2, 0.25) is 0 Å². The van der Waals surface area contributed by atoms with Crippen molar-refractivity contribution >= 4 is 54.8 Å². The molecule has 0 saturated carbocycles. The van der Waals surface area contributed by atoms with Gasteiger partial charge < -0.3 is 5.32 Å². The van der Waals surface area contributed by atoms with Gasteiger partial charge in [-0.1, -0.05) is 28.1 Å². The minimum atomic E-state index is -0.304. The van der Waals surface area contributed by atoms with E-state index in [0.717, 1.165) is 8.95 Å². The van der Waals surface area contributed by atoms with Crippen LogP contribution in [-0.4, -0.2) is 10.9 Å². The summed E-state index contributed by atoms with van der Waals surface area (Å²) in [6.45, 7) is 0. The average molecular weight is 470 g/mol. The molecular formula is C17H11Br2FN2OS. The smallest absolute Gasteiger partial charge is 0.230 e. The number of nitrogens with one attached hydrogen (secondary N) is 1. The number of hydrogen-bond acceptors (Lipinski definition) is 3. The van der Waals surface area contributed by atoms with E-state index in [2.05, 4.69) is 42.2 Å². The molecule has 0 fully saturated rings. The molecule has 3 aromatic rings. The largest absolute Gasteiger partial charge is 0.325 e. The number of aromatic nitrogens is 1. The summed E-state index contributed by atoms with van der Waals surface area (Å²) in [7, 11) is 0. The first-order chi connectivity index (χ1) is 11.5. The van der Waals surface area contributed by atoms with E-state index >= 15 is 0 Å². The highest BCUT2D eigenvalue weighted by Gasteiger charge is 2.11. The molecule has 3 rings (SSSR count). The first-order valence-corrected chi connectivity index (χ1v) is 9.43. The maximum Gasteiger partial charge on any atom is 0.230 e. The summed E-state index contributed by atoms with van der Waals surface area (Å²) >= 11 is 8.17. The first kappa shape index (κ1) is 17.3. The molecule has 7 heteroatoms. The normalized spacial score (nSPS) is 10.6. The van der Waals surface area contributed by atoms with Crippen molar-refractivity contribution in [3.05, 3.63) is 68.3 Å². The number of benzene rings is 2. The second kappa shape index (κ2) is 7.55. The molecule has 0 radical (unpaired) electrons. The summed E-state index contributed by atoms with van der Waals surface area (Å²) in [6, 6.07) is 11.8. The molecule has 1 aromatic heterocycles. The third kappa shape index (κ3) is 4.28. The summed E-state index contributed by atoms with van der Waals surface area (Å²) in [5.74, 6) is -0.462. The van der Waals surface area contributed by atoms with Crippen LogP contribution in [0.1, 0.15) is 5.69 Å². The van der Waals surface area contributed by atoms with Gasteiger partial charge in [0.2, 0.25) is 5.91 Å². The van der Waals surface area contributed by atoms with Gasteiger partial charge in [0.1, 0.15) is 10.8 Å². The zero-order valence-electron chi connectivity index (χ0n) is 12.2. The Morgan fingerprint density at radius 3 is 2.79 bits per heavy atom. The van der Waals surface area contributed by atoms with Gasteiger partial charge in [-0.2, -0.15) is 0 Å². The standard InChI is InChI=1S/C17H11Br2FN2OS/c18-11-4-5-15(14(19)7-11)22-16(23)8-13-9-24-17(21-13)10-2-1-3-12(20)6-10/h1-7,9H,8H2,(H,22,23). The second-order valence-electron chi connectivity index (χ2n) is 5.00. The molecule has 2 aromatic carbocycles. The van der Waals surface area contributed by atoms with Crippen LogP contribution in [0.5, 0.6) is 0 Å². The van der Waals surface area contributed by atoms with E-state index in [-0.39, 0.29) is 18.1 Å². The van der Waals surface area contributed by atoms with Crippen LogP contribution >= 0.6 is 43.2 Å². The Labute approximate surface area is 159 Å². The monoisotopic (exact) mass is 468 g/mol. The molecule has 1 amide bonds. The van der Waals surface area contributed by atoms with Crippen LogP contribution in [0.15, 0.2) is 56.8 Å². The first-order valence-electron chi connectivity index (χ1n) is 6.96. The summed E-state index contributed by atoms with van der Waals surface area (Å²) in [5, 5.41) is 5.35. The van der Waals surface area contributed by atoms with Crippen LogP contribution in [0.3, 0.4) is 0 Å². The second-order valence-corrected chi connectivity index (χ2v) is 7.63. The van der Waals surface area contributed by atoms with Crippen molar-refractivity contribution in [3.63, 3.8) is 0 Å². The third-order valence-electron chi connectivity index (χ3n) is 3.17. The van der Waals surface area contributed by atoms with E-state index in [9.17, 15) is 9.18 Å². The van der Waals surface area contributed by atoms with Crippen molar-refractivity contribution in [2.45, 2.75) is 6.42 Å². The van der Waals surface area contributed by atoms with Crippen LogP contribution in [0.4, 0.5) is 10.1 Å². The number of anilines is 1. The van der Waals surface area contributed by atoms with E-state index in [0.29, 0.717) is 22.0 Å². The molecule has 0 aliphatic heterocycles. The Morgan fingerprint density at radius 1 is 1.21 bits per heavy atom. The van der Waals surface area contributed by atoms with Crippen molar-refractivity contribution in [2.75, 3.05) is 5.32 Å². The number of rotatable bonds is 4. The van der Waals surface area contributed by atoms with Crippen molar-refractivity contribution in [3.8, 4) is 10.6 Å². The van der Waals surface area contributed by atoms with Gasteiger partial charge in [0, 0.05) is 19.9 Å². The molecule has 0 atom stereocenters. The lowest BCUT2D eigenvalue weighted by molar-refractivity contribution is -0.115. The van der Waals surface area contributed by atoms with Crippen LogP contribution in [0, 0.1) is 5.82 Å². The lowest BCUT2D eigenvalue weighted by Crippen LogP contribution is -2.14. The minimum absolute atomic E-state index is 0.158. The summed E-state index contributed by atoms with van der Waals surface area (Å²) in [4.78, 5) is 16.6. The van der Waals surface area contributed by atoms with Gasteiger partial charge in [0.05, 0.1) is 17.8 Å². The number of nitrogens with zero attached hydrogens (tertiary/aromatic N) is 1. The molecule has 1 N–H and O–H groups in total. The number of thiazole rings is 1. The van der Waals surface area contributed by atoms with Gasteiger partial charge in [0.15, 0.2) is 0 Å². The Bertz CT molecular complexity index is 898. The topological polar surface area (TPSA) is 42.0 Å². The molecule has 0 unspecified atom stereocenters. The number of hydrogen-bond donors (Lipinski definition) is 1. The van der Waals surface area contributed by atoms with Gasteiger partial charge in [-0.05, 0) is 46.3 Å². The maximum absolute atomic E-state index is 13.3. The lowest BCUT2D eigenvalue weighted by atomic mass is 10.2. The Hall–Kier alpha value is -1.57. The minimum Gasteiger partial charge on any atom is -0.325 e. The highest BCUT2D eigenvalue weighted by molar-refractivity contribution is 9.11. The number of carbonyl (C=O) groups excluding carboxylic acids is 1. The van der Waals surface area contributed by atoms with Gasteiger partial charge in [-0.15, -0.1) is 11.3 Å². The van der Waals surface area contributed by atoms with Crippen molar-refractivity contribution in [1.82, 2.24) is 4.98 Å². The quantitative estimate of drug-likeness (QED) is 0.536. The number of halogens is 3.